The number of carbonyl (C=O) groups is 1. The summed E-state index contributed by atoms with van der Waals surface area (Å²) in [6.45, 7) is 0.733. The minimum Gasteiger partial charge on any atom is -0.497 e. The van der Waals surface area contributed by atoms with E-state index < -0.39 is 10.0 Å². The number of anilines is 1. The molecule has 1 aliphatic rings. The standard InChI is InChI=1S/C21H24N2O4S/c1-27-19-12-8-17(9-13-19)20-4-3-15-23(20)21(24)14-7-16-5-10-18(11-6-16)22-28(2,25)26/h5-14,20,22H,3-4,15H2,1-2H3/b14-7+. The van der Waals surface area contributed by atoms with E-state index in [1.165, 1.54) is 0 Å². The van der Waals surface area contributed by atoms with Crippen LogP contribution in [0.2, 0.25) is 0 Å². The number of likely N-dealkylation sites (tertiary alicyclic amines) is 1. The summed E-state index contributed by atoms with van der Waals surface area (Å²) in [6.07, 6.45) is 6.34. The summed E-state index contributed by atoms with van der Waals surface area (Å²) in [5.74, 6) is 0.769. The molecule has 0 spiro atoms. The molecule has 2 aromatic rings. The van der Waals surface area contributed by atoms with Crippen LogP contribution < -0.4 is 9.46 Å². The Bertz CT molecular complexity index is 951. The summed E-state index contributed by atoms with van der Waals surface area (Å²) in [6, 6.07) is 14.8. The van der Waals surface area contributed by atoms with Gasteiger partial charge in [0.15, 0.2) is 0 Å². The molecule has 1 unspecified atom stereocenters. The van der Waals surface area contributed by atoms with E-state index in [4.69, 9.17) is 4.74 Å². The number of carbonyl (C=O) groups excluding carboxylic acids is 1. The zero-order valence-corrected chi connectivity index (χ0v) is 16.8. The van der Waals surface area contributed by atoms with Gasteiger partial charge in [0.1, 0.15) is 5.75 Å². The van der Waals surface area contributed by atoms with Gasteiger partial charge in [-0.1, -0.05) is 24.3 Å². The number of ether oxygens (including phenoxy) is 1. The third-order valence-electron chi connectivity index (χ3n) is 4.67. The molecule has 1 aliphatic heterocycles. The molecule has 6 nitrogen and oxygen atoms in total. The van der Waals surface area contributed by atoms with Gasteiger partial charge in [-0.2, -0.15) is 0 Å². The molecule has 0 aromatic heterocycles. The van der Waals surface area contributed by atoms with Crippen molar-refractivity contribution in [3.05, 3.63) is 65.7 Å². The maximum absolute atomic E-state index is 12.7. The van der Waals surface area contributed by atoms with Gasteiger partial charge >= 0.3 is 0 Å². The van der Waals surface area contributed by atoms with Crippen LogP contribution in [0.15, 0.2) is 54.6 Å². The molecule has 0 saturated carbocycles. The molecule has 1 atom stereocenters. The molecule has 148 valence electrons. The minimum atomic E-state index is -3.30. The fraction of sp³-hybridized carbons (Fsp3) is 0.286. The lowest BCUT2D eigenvalue weighted by atomic mass is 10.0. The van der Waals surface area contributed by atoms with Crippen molar-refractivity contribution in [3.8, 4) is 5.75 Å². The second-order valence-electron chi connectivity index (χ2n) is 6.79. The summed E-state index contributed by atoms with van der Waals surface area (Å²) >= 11 is 0. The van der Waals surface area contributed by atoms with Crippen LogP contribution >= 0.6 is 0 Å². The van der Waals surface area contributed by atoms with Gasteiger partial charge in [-0.15, -0.1) is 0 Å². The van der Waals surface area contributed by atoms with Gasteiger partial charge in [0.25, 0.3) is 0 Å². The Balaban J connectivity index is 1.67. The van der Waals surface area contributed by atoms with Crippen LogP contribution in [0.25, 0.3) is 6.08 Å². The Hall–Kier alpha value is -2.80. The smallest absolute Gasteiger partial charge is 0.247 e. The summed E-state index contributed by atoms with van der Waals surface area (Å²) in [5, 5.41) is 0. The lowest BCUT2D eigenvalue weighted by molar-refractivity contribution is -0.126. The van der Waals surface area contributed by atoms with Crippen molar-refractivity contribution in [1.82, 2.24) is 4.90 Å². The van der Waals surface area contributed by atoms with Crippen LogP contribution in [-0.4, -0.2) is 39.1 Å². The Morgan fingerprint density at radius 2 is 1.82 bits per heavy atom. The lowest BCUT2D eigenvalue weighted by Crippen LogP contribution is -2.28. The number of benzene rings is 2. The van der Waals surface area contributed by atoms with Gasteiger partial charge in [0.2, 0.25) is 15.9 Å². The van der Waals surface area contributed by atoms with Gasteiger partial charge < -0.3 is 9.64 Å². The van der Waals surface area contributed by atoms with E-state index in [1.807, 2.05) is 29.2 Å². The molecule has 1 heterocycles. The van der Waals surface area contributed by atoms with Crippen LogP contribution in [0, 0.1) is 0 Å². The Kier molecular flexibility index (Phi) is 6.04. The van der Waals surface area contributed by atoms with Gasteiger partial charge in [-0.25, -0.2) is 8.42 Å². The molecular weight excluding hydrogens is 376 g/mol. The minimum absolute atomic E-state index is 0.0309. The van der Waals surface area contributed by atoms with Crippen molar-refractivity contribution in [3.63, 3.8) is 0 Å². The number of amides is 1. The molecular formula is C21H24N2O4S. The summed E-state index contributed by atoms with van der Waals surface area (Å²) in [5.41, 5.74) is 2.42. The Morgan fingerprint density at radius 3 is 2.43 bits per heavy atom. The first kappa shape index (κ1) is 19.9. The number of nitrogens with one attached hydrogen (secondary N) is 1. The van der Waals surface area contributed by atoms with Crippen molar-refractivity contribution >= 4 is 27.7 Å². The maximum Gasteiger partial charge on any atom is 0.247 e. The fourth-order valence-electron chi connectivity index (χ4n) is 3.34. The number of rotatable bonds is 6. The van der Waals surface area contributed by atoms with Crippen molar-refractivity contribution in [2.45, 2.75) is 18.9 Å². The Morgan fingerprint density at radius 1 is 1.14 bits per heavy atom. The van der Waals surface area contributed by atoms with E-state index in [0.29, 0.717) is 5.69 Å². The molecule has 28 heavy (non-hydrogen) atoms. The molecule has 1 amide bonds. The predicted octanol–water partition coefficient (Wildman–Crippen LogP) is 3.44. The number of hydrogen-bond donors (Lipinski definition) is 1. The van der Waals surface area contributed by atoms with Gasteiger partial charge in [-0.3, -0.25) is 9.52 Å². The highest BCUT2D eigenvalue weighted by Crippen LogP contribution is 2.33. The fourth-order valence-corrected chi connectivity index (χ4v) is 3.91. The molecule has 1 fully saturated rings. The number of hydrogen-bond acceptors (Lipinski definition) is 4. The summed E-state index contributed by atoms with van der Waals surface area (Å²) < 4.78 is 30.1. The van der Waals surface area contributed by atoms with Crippen LogP contribution in [0.4, 0.5) is 5.69 Å². The van der Waals surface area contributed by atoms with Gasteiger partial charge in [-0.05, 0) is 54.3 Å². The van der Waals surface area contributed by atoms with E-state index in [9.17, 15) is 13.2 Å². The molecule has 7 heteroatoms. The van der Waals surface area contributed by atoms with Crippen LogP contribution in [0.5, 0.6) is 5.75 Å². The van der Waals surface area contributed by atoms with Crippen LogP contribution in [0.1, 0.15) is 30.0 Å². The van der Waals surface area contributed by atoms with Crippen molar-refractivity contribution < 1.29 is 17.9 Å². The van der Waals surface area contributed by atoms with Crippen LogP contribution in [0.3, 0.4) is 0 Å². The van der Waals surface area contributed by atoms with Crippen molar-refractivity contribution in [2.75, 3.05) is 24.6 Å². The Labute approximate surface area is 165 Å². The number of sulfonamides is 1. The first-order chi connectivity index (χ1) is 13.4. The predicted molar refractivity (Wildman–Crippen MR) is 111 cm³/mol. The maximum atomic E-state index is 12.7. The SMILES string of the molecule is COc1ccc(C2CCCN2C(=O)/C=C/c2ccc(NS(C)(=O)=O)cc2)cc1. The van der Waals surface area contributed by atoms with E-state index in [0.717, 1.165) is 42.5 Å². The quantitative estimate of drug-likeness (QED) is 0.754. The first-order valence-electron chi connectivity index (χ1n) is 9.06. The van der Waals surface area contributed by atoms with E-state index >= 15 is 0 Å². The molecule has 2 aromatic carbocycles. The highest BCUT2D eigenvalue weighted by atomic mass is 32.2. The molecule has 0 aliphatic carbocycles. The van der Waals surface area contributed by atoms with Crippen molar-refractivity contribution in [1.29, 1.82) is 0 Å². The third-order valence-corrected chi connectivity index (χ3v) is 5.28. The van der Waals surface area contributed by atoms with E-state index in [2.05, 4.69) is 4.72 Å². The average molecular weight is 401 g/mol. The lowest BCUT2D eigenvalue weighted by Gasteiger charge is -2.24. The second-order valence-corrected chi connectivity index (χ2v) is 8.54. The van der Waals surface area contributed by atoms with Crippen molar-refractivity contribution in [2.24, 2.45) is 0 Å². The second kappa shape index (κ2) is 8.48. The molecule has 3 rings (SSSR count). The number of methoxy groups -OCH3 is 1. The van der Waals surface area contributed by atoms with Gasteiger partial charge in [0.05, 0.1) is 19.4 Å². The topological polar surface area (TPSA) is 75.7 Å². The molecule has 0 radical (unpaired) electrons. The normalized spacial score (nSPS) is 17.1. The molecule has 1 N–H and O–H groups in total. The molecule has 0 bridgehead atoms. The number of nitrogens with zero attached hydrogens (tertiary/aromatic N) is 1. The zero-order chi connectivity index (χ0) is 20.1. The van der Waals surface area contributed by atoms with Gasteiger partial charge in [0, 0.05) is 18.3 Å². The average Bonchev–Trinajstić information content (AvgIpc) is 3.16. The van der Waals surface area contributed by atoms with E-state index in [-0.39, 0.29) is 11.9 Å². The first-order valence-corrected chi connectivity index (χ1v) is 11.0. The third kappa shape index (κ3) is 5.13. The molecule has 1 saturated heterocycles. The monoisotopic (exact) mass is 400 g/mol. The highest BCUT2D eigenvalue weighted by Gasteiger charge is 2.28. The highest BCUT2D eigenvalue weighted by molar-refractivity contribution is 7.92. The van der Waals surface area contributed by atoms with E-state index in [1.54, 1.807) is 43.5 Å². The largest absolute Gasteiger partial charge is 0.497 e. The van der Waals surface area contributed by atoms with Crippen LogP contribution in [-0.2, 0) is 14.8 Å². The summed E-state index contributed by atoms with van der Waals surface area (Å²) in [7, 11) is -1.67. The zero-order valence-electron chi connectivity index (χ0n) is 16.0. The summed E-state index contributed by atoms with van der Waals surface area (Å²) in [4.78, 5) is 14.6.